The standard InChI is InChI=1S/C11H15ClN2O3S/c1-2-14(7-11(13)15)18(16,17)8-9-5-3-4-6-10(9)12/h3-6H,2,7-8H2,1H3,(H2,13,15). The van der Waals surface area contributed by atoms with Crippen molar-refractivity contribution < 1.29 is 13.2 Å². The molecule has 0 spiro atoms. The van der Waals surface area contributed by atoms with E-state index < -0.39 is 15.9 Å². The second kappa shape index (κ2) is 6.17. The number of hydrogen-bond donors (Lipinski definition) is 1. The van der Waals surface area contributed by atoms with Crippen LogP contribution in [0.1, 0.15) is 12.5 Å². The topological polar surface area (TPSA) is 80.5 Å². The maximum atomic E-state index is 12.1. The first kappa shape index (κ1) is 14.9. The molecule has 1 aromatic rings. The molecule has 5 nitrogen and oxygen atoms in total. The number of nitrogens with zero attached hydrogens (tertiary/aromatic N) is 1. The number of rotatable bonds is 6. The van der Waals surface area contributed by atoms with Gasteiger partial charge >= 0.3 is 0 Å². The van der Waals surface area contributed by atoms with Crippen molar-refractivity contribution in [3.8, 4) is 0 Å². The van der Waals surface area contributed by atoms with Crippen LogP contribution in [-0.4, -0.2) is 31.7 Å². The molecule has 0 aliphatic heterocycles. The maximum Gasteiger partial charge on any atom is 0.232 e. The minimum absolute atomic E-state index is 0.190. The fraction of sp³-hybridized carbons (Fsp3) is 0.364. The molecule has 0 aliphatic rings. The van der Waals surface area contributed by atoms with Gasteiger partial charge in [0, 0.05) is 11.6 Å². The molecule has 0 heterocycles. The molecule has 0 unspecified atom stereocenters. The Balaban J connectivity index is 2.93. The summed E-state index contributed by atoms with van der Waals surface area (Å²) in [5, 5.41) is 0.385. The summed E-state index contributed by atoms with van der Waals surface area (Å²) in [6.07, 6.45) is 0. The zero-order valence-electron chi connectivity index (χ0n) is 9.97. The Morgan fingerprint density at radius 3 is 2.50 bits per heavy atom. The molecular formula is C11H15ClN2O3S. The van der Waals surface area contributed by atoms with Crippen molar-refractivity contribution in [1.82, 2.24) is 4.31 Å². The van der Waals surface area contributed by atoms with E-state index in [9.17, 15) is 13.2 Å². The highest BCUT2D eigenvalue weighted by molar-refractivity contribution is 7.88. The molecular weight excluding hydrogens is 276 g/mol. The zero-order chi connectivity index (χ0) is 13.8. The van der Waals surface area contributed by atoms with E-state index in [4.69, 9.17) is 17.3 Å². The molecule has 100 valence electrons. The van der Waals surface area contributed by atoms with Gasteiger partial charge in [-0.25, -0.2) is 8.42 Å². The van der Waals surface area contributed by atoms with Gasteiger partial charge in [-0.05, 0) is 11.6 Å². The highest BCUT2D eigenvalue weighted by atomic mass is 35.5. The molecule has 0 saturated carbocycles. The van der Waals surface area contributed by atoms with Crippen molar-refractivity contribution in [3.05, 3.63) is 34.9 Å². The SMILES string of the molecule is CCN(CC(N)=O)S(=O)(=O)Cc1ccccc1Cl. The van der Waals surface area contributed by atoms with Gasteiger partial charge in [-0.3, -0.25) is 4.79 Å². The van der Waals surface area contributed by atoms with E-state index in [-0.39, 0.29) is 18.8 Å². The molecule has 0 aliphatic carbocycles. The van der Waals surface area contributed by atoms with Crippen molar-refractivity contribution in [2.75, 3.05) is 13.1 Å². The third kappa shape index (κ3) is 3.97. The summed E-state index contributed by atoms with van der Waals surface area (Å²) in [6.45, 7) is 1.52. The van der Waals surface area contributed by atoms with Crippen LogP contribution in [0.4, 0.5) is 0 Å². The van der Waals surface area contributed by atoms with E-state index >= 15 is 0 Å². The molecule has 18 heavy (non-hydrogen) atoms. The summed E-state index contributed by atoms with van der Waals surface area (Å²) in [5.74, 6) is -0.923. The Hall–Kier alpha value is -1.11. The monoisotopic (exact) mass is 290 g/mol. The summed E-state index contributed by atoms with van der Waals surface area (Å²) in [4.78, 5) is 10.8. The number of carbonyl (C=O) groups is 1. The predicted octanol–water partition coefficient (Wildman–Crippen LogP) is 0.977. The van der Waals surface area contributed by atoms with Crippen molar-refractivity contribution in [2.24, 2.45) is 5.73 Å². The minimum atomic E-state index is -3.59. The number of nitrogens with two attached hydrogens (primary N) is 1. The molecule has 1 aromatic carbocycles. The van der Waals surface area contributed by atoms with Gasteiger partial charge in [-0.2, -0.15) is 4.31 Å². The molecule has 0 fully saturated rings. The Morgan fingerprint density at radius 1 is 1.39 bits per heavy atom. The molecule has 1 rings (SSSR count). The lowest BCUT2D eigenvalue weighted by Gasteiger charge is -2.19. The Morgan fingerprint density at radius 2 is 2.00 bits per heavy atom. The average molecular weight is 291 g/mol. The molecule has 0 saturated heterocycles. The molecule has 0 atom stereocenters. The van der Waals surface area contributed by atoms with Crippen molar-refractivity contribution in [3.63, 3.8) is 0 Å². The fourth-order valence-corrected chi connectivity index (χ4v) is 3.31. The van der Waals surface area contributed by atoms with Gasteiger partial charge in [0.15, 0.2) is 0 Å². The second-order valence-electron chi connectivity index (χ2n) is 3.74. The van der Waals surface area contributed by atoms with Crippen LogP contribution in [0.15, 0.2) is 24.3 Å². The predicted molar refractivity (Wildman–Crippen MR) is 70.5 cm³/mol. The quantitative estimate of drug-likeness (QED) is 0.848. The maximum absolute atomic E-state index is 12.1. The first-order chi connectivity index (χ1) is 8.36. The lowest BCUT2D eigenvalue weighted by Crippen LogP contribution is -2.38. The average Bonchev–Trinajstić information content (AvgIpc) is 2.28. The first-order valence-corrected chi connectivity index (χ1v) is 7.35. The summed E-state index contributed by atoms with van der Waals surface area (Å²) < 4.78 is 25.2. The van der Waals surface area contributed by atoms with Gasteiger partial charge in [-0.1, -0.05) is 36.7 Å². The van der Waals surface area contributed by atoms with Gasteiger partial charge < -0.3 is 5.73 Å². The van der Waals surface area contributed by atoms with Crippen LogP contribution in [0.25, 0.3) is 0 Å². The number of benzene rings is 1. The van der Waals surface area contributed by atoms with Crippen molar-refractivity contribution in [2.45, 2.75) is 12.7 Å². The minimum Gasteiger partial charge on any atom is -0.369 e. The summed E-state index contributed by atoms with van der Waals surface area (Å²) in [7, 11) is -3.59. The van der Waals surface area contributed by atoms with Gasteiger partial charge in [-0.15, -0.1) is 0 Å². The van der Waals surface area contributed by atoms with Crippen LogP contribution in [-0.2, 0) is 20.6 Å². The summed E-state index contributed by atoms with van der Waals surface area (Å²) in [6, 6.07) is 6.69. The number of amides is 1. The van der Waals surface area contributed by atoms with Crippen molar-refractivity contribution in [1.29, 1.82) is 0 Å². The Labute approximate surface area is 112 Å². The van der Waals surface area contributed by atoms with Gasteiger partial charge in [0.2, 0.25) is 15.9 Å². The lowest BCUT2D eigenvalue weighted by molar-refractivity contribution is -0.118. The van der Waals surface area contributed by atoms with Gasteiger partial charge in [0.1, 0.15) is 0 Å². The normalized spacial score (nSPS) is 11.7. The van der Waals surface area contributed by atoms with Gasteiger partial charge in [0.25, 0.3) is 0 Å². The van der Waals surface area contributed by atoms with Crippen LogP contribution in [0.5, 0.6) is 0 Å². The number of hydrogen-bond acceptors (Lipinski definition) is 3. The van der Waals surface area contributed by atoms with E-state index in [1.165, 1.54) is 0 Å². The fourth-order valence-electron chi connectivity index (χ4n) is 1.48. The first-order valence-electron chi connectivity index (χ1n) is 5.36. The Bertz CT molecular complexity index is 531. The number of likely N-dealkylation sites (N-methyl/N-ethyl adjacent to an activating group) is 1. The van der Waals surface area contributed by atoms with Gasteiger partial charge in [0.05, 0.1) is 12.3 Å². The van der Waals surface area contributed by atoms with E-state index in [0.29, 0.717) is 10.6 Å². The molecule has 0 aromatic heterocycles. The summed E-state index contributed by atoms with van der Waals surface area (Å²) in [5.41, 5.74) is 5.52. The van der Waals surface area contributed by atoms with Crippen molar-refractivity contribution >= 4 is 27.5 Å². The highest BCUT2D eigenvalue weighted by Gasteiger charge is 2.23. The van der Waals surface area contributed by atoms with Crippen LogP contribution in [0.3, 0.4) is 0 Å². The number of halogens is 1. The third-order valence-corrected chi connectivity index (χ3v) is 4.59. The van der Waals surface area contributed by atoms with Crippen LogP contribution >= 0.6 is 11.6 Å². The number of sulfonamides is 1. The zero-order valence-corrected chi connectivity index (χ0v) is 11.5. The molecule has 7 heteroatoms. The third-order valence-electron chi connectivity index (χ3n) is 2.37. The van der Waals surface area contributed by atoms with E-state index in [0.717, 1.165) is 4.31 Å². The van der Waals surface area contributed by atoms with E-state index in [1.54, 1.807) is 31.2 Å². The highest BCUT2D eigenvalue weighted by Crippen LogP contribution is 2.19. The Kier molecular flexibility index (Phi) is 5.13. The second-order valence-corrected chi connectivity index (χ2v) is 6.12. The van der Waals surface area contributed by atoms with E-state index in [1.807, 2.05) is 0 Å². The van der Waals surface area contributed by atoms with Crippen LogP contribution in [0, 0.1) is 0 Å². The largest absolute Gasteiger partial charge is 0.369 e. The van der Waals surface area contributed by atoms with Crippen LogP contribution < -0.4 is 5.73 Å². The molecule has 2 N–H and O–H groups in total. The number of primary amides is 1. The summed E-state index contributed by atoms with van der Waals surface area (Å²) >= 11 is 5.91. The smallest absolute Gasteiger partial charge is 0.232 e. The molecule has 1 amide bonds. The lowest BCUT2D eigenvalue weighted by atomic mass is 10.2. The van der Waals surface area contributed by atoms with Crippen LogP contribution in [0.2, 0.25) is 5.02 Å². The van der Waals surface area contributed by atoms with E-state index in [2.05, 4.69) is 0 Å². The molecule has 0 radical (unpaired) electrons. The number of carbonyl (C=O) groups excluding carboxylic acids is 1. The molecule has 0 bridgehead atoms.